The van der Waals surface area contributed by atoms with Crippen molar-refractivity contribution in [3.63, 3.8) is 0 Å². The van der Waals surface area contributed by atoms with E-state index in [0.717, 1.165) is 25.0 Å². The number of aryl methyl sites for hydroxylation is 1. The second-order valence-corrected chi connectivity index (χ2v) is 6.88. The Labute approximate surface area is 163 Å². The Bertz CT molecular complexity index is 930. The third-order valence-corrected chi connectivity index (χ3v) is 4.39. The maximum Gasteiger partial charge on any atom is 0.417 e. The Hall–Kier alpha value is -2.68. The van der Waals surface area contributed by atoms with Gasteiger partial charge in [-0.2, -0.15) is 13.2 Å². The lowest BCUT2D eigenvalue weighted by molar-refractivity contribution is -0.137. The molecular weight excluding hydrogens is 397 g/mol. The highest BCUT2D eigenvalue weighted by atomic mass is 35.5. The Balaban J connectivity index is 1.69. The smallest absolute Gasteiger partial charge is 0.347 e. The highest BCUT2D eigenvalue weighted by Gasteiger charge is 2.33. The highest BCUT2D eigenvalue weighted by molar-refractivity contribution is 6.31. The van der Waals surface area contributed by atoms with E-state index in [1.54, 1.807) is 6.92 Å². The number of anilines is 1. The predicted octanol–water partition coefficient (Wildman–Crippen LogP) is 3.74. The number of hydrogen-bond acceptors (Lipinski definition) is 4. The standard InChI is InChI=1S/C18H16ClF3N4O2/c1-9-6-14(25-17(24-9)26-15(27)11-3-4-11)16(28)23-8-10-2-5-13(19)12(7-10)18(20,21)22/h2,5-7,11H,3-4,8H2,1H3,(H,23,28)(H,24,25,26,27). The van der Waals surface area contributed by atoms with Gasteiger partial charge in [0.15, 0.2) is 0 Å². The first-order valence-corrected chi connectivity index (χ1v) is 8.81. The second-order valence-electron chi connectivity index (χ2n) is 6.48. The van der Waals surface area contributed by atoms with Crippen molar-refractivity contribution in [3.8, 4) is 0 Å². The lowest BCUT2D eigenvalue weighted by Crippen LogP contribution is -2.25. The number of benzene rings is 1. The van der Waals surface area contributed by atoms with E-state index in [2.05, 4.69) is 20.6 Å². The Morgan fingerprint density at radius 3 is 2.57 bits per heavy atom. The molecule has 0 unspecified atom stereocenters. The van der Waals surface area contributed by atoms with Crippen LogP contribution >= 0.6 is 11.6 Å². The van der Waals surface area contributed by atoms with Crippen molar-refractivity contribution in [1.29, 1.82) is 0 Å². The van der Waals surface area contributed by atoms with Crippen LogP contribution in [0.25, 0.3) is 0 Å². The molecule has 1 fully saturated rings. The van der Waals surface area contributed by atoms with E-state index >= 15 is 0 Å². The molecule has 1 saturated carbocycles. The van der Waals surface area contributed by atoms with Crippen molar-refractivity contribution in [3.05, 3.63) is 51.8 Å². The van der Waals surface area contributed by atoms with E-state index in [0.29, 0.717) is 5.69 Å². The summed E-state index contributed by atoms with van der Waals surface area (Å²) in [4.78, 5) is 32.2. The largest absolute Gasteiger partial charge is 0.417 e. The second kappa shape index (κ2) is 7.75. The first-order chi connectivity index (χ1) is 13.1. The molecule has 1 heterocycles. The zero-order valence-electron chi connectivity index (χ0n) is 14.7. The van der Waals surface area contributed by atoms with Gasteiger partial charge in [-0.1, -0.05) is 17.7 Å². The lowest BCUT2D eigenvalue weighted by Gasteiger charge is -2.12. The molecule has 1 aromatic carbocycles. The Morgan fingerprint density at radius 2 is 1.93 bits per heavy atom. The molecule has 2 amide bonds. The van der Waals surface area contributed by atoms with Crippen LogP contribution in [0.15, 0.2) is 24.3 Å². The van der Waals surface area contributed by atoms with Gasteiger partial charge in [-0.25, -0.2) is 9.97 Å². The molecule has 0 atom stereocenters. The van der Waals surface area contributed by atoms with E-state index in [9.17, 15) is 22.8 Å². The summed E-state index contributed by atoms with van der Waals surface area (Å²) in [6.45, 7) is 1.49. The van der Waals surface area contributed by atoms with Gasteiger partial charge in [0.25, 0.3) is 5.91 Å². The first kappa shape index (κ1) is 20.1. The van der Waals surface area contributed by atoms with E-state index < -0.39 is 22.7 Å². The van der Waals surface area contributed by atoms with Crippen LogP contribution in [-0.2, 0) is 17.5 Å². The fraction of sp³-hybridized carbons (Fsp3) is 0.333. The molecule has 148 valence electrons. The van der Waals surface area contributed by atoms with Crippen molar-refractivity contribution < 1.29 is 22.8 Å². The Morgan fingerprint density at radius 1 is 1.21 bits per heavy atom. The molecule has 0 spiro atoms. The minimum absolute atomic E-state index is 0.00334. The maximum absolute atomic E-state index is 12.9. The van der Waals surface area contributed by atoms with E-state index in [1.165, 1.54) is 12.1 Å². The maximum atomic E-state index is 12.9. The quantitative estimate of drug-likeness (QED) is 0.783. The number of amides is 2. The van der Waals surface area contributed by atoms with Gasteiger partial charge in [0.1, 0.15) is 5.69 Å². The minimum Gasteiger partial charge on any atom is -0.347 e. The minimum atomic E-state index is -4.59. The summed E-state index contributed by atoms with van der Waals surface area (Å²) in [6, 6.07) is 4.83. The number of aromatic nitrogens is 2. The number of nitrogens with one attached hydrogen (secondary N) is 2. The number of carbonyl (C=O) groups is 2. The molecule has 0 bridgehead atoms. The molecule has 28 heavy (non-hydrogen) atoms. The third kappa shape index (κ3) is 4.98. The molecule has 0 saturated heterocycles. The molecule has 1 aliphatic rings. The van der Waals surface area contributed by atoms with Crippen LogP contribution in [0, 0.1) is 12.8 Å². The van der Waals surface area contributed by atoms with Gasteiger partial charge in [0.05, 0.1) is 10.6 Å². The summed E-state index contributed by atoms with van der Waals surface area (Å²) in [5.74, 6) is -0.823. The van der Waals surface area contributed by atoms with Gasteiger partial charge < -0.3 is 5.32 Å². The molecule has 3 rings (SSSR count). The van der Waals surface area contributed by atoms with Crippen LogP contribution in [0.4, 0.5) is 19.1 Å². The third-order valence-electron chi connectivity index (χ3n) is 4.06. The van der Waals surface area contributed by atoms with E-state index in [-0.39, 0.29) is 35.6 Å². The number of hydrogen-bond donors (Lipinski definition) is 2. The molecule has 10 heteroatoms. The van der Waals surface area contributed by atoms with Crippen LogP contribution in [0.3, 0.4) is 0 Å². The van der Waals surface area contributed by atoms with Crippen molar-refractivity contribution in [2.45, 2.75) is 32.5 Å². The van der Waals surface area contributed by atoms with Crippen LogP contribution in [-0.4, -0.2) is 21.8 Å². The number of nitrogens with zero attached hydrogens (tertiary/aromatic N) is 2. The summed E-state index contributed by atoms with van der Waals surface area (Å²) >= 11 is 5.58. The fourth-order valence-electron chi connectivity index (χ4n) is 2.47. The average molecular weight is 413 g/mol. The number of carbonyl (C=O) groups excluding carboxylic acids is 2. The van der Waals surface area contributed by atoms with Crippen molar-refractivity contribution in [2.75, 3.05) is 5.32 Å². The summed E-state index contributed by atoms with van der Waals surface area (Å²) in [5, 5.41) is 4.66. The number of alkyl halides is 3. The van der Waals surface area contributed by atoms with Gasteiger partial charge in [0.2, 0.25) is 11.9 Å². The molecule has 0 aliphatic heterocycles. The number of halogens is 4. The zero-order chi connectivity index (χ0) is 20.5. The molecule has 2 N–H and O–H groups in total. The predicted molar refractivity (Wildman–Crippen MR) is 95.7 cm³/mol. The average Bonchev–Trinajstić information content (AvgIpc) is 3.44. The molecule has 6 nitrogen and oxygen atoms in total. The molecular formula is C18H16ClF3N4O2. The van der Waals surface area contributed by atoms with Crippen LogP contribution < -0.4 is 10.6 Å². The van der Waals surface area contributed by atoms with Crippen LogP contribution in [0.5, 0.6) is 0 Å². The van der Waals surface area contributed by atoms with Crippen molar-refractivity contribution in [2.24, 2.45) is 5.92 Å². The molecule has 2 aromatic rings. The highest BCUT2D eigenvalue weighted by Crippen LogP contribution is 2.35. The lowest BCUT2D eigenvalue weighted by atomic mass is 10.1. The summed E-state index contributed by atoms with van der Waals surface area (Å²) in [7, 11) is 0. The normalized spacial score (nSPS) is 13.9. The summed E-state index contributed by atoms with van der Waals surface area (Å²) in [6.07, 6.45) is -2.96. The topological polar surface area (TPSA) is 84.0 Å². The van der Waals surface area contributed by atoms with Gasteiger partial charge in [-0.3, -0.25) is 14.9 Å². The van der Waals surface area contributed by atoms with Gasteiger partial charge in [0, 0.05) is 18.2 Å². The summed E-state index contributed by atoms with van der Waals surface area (Å²) in [5.41, 5.74) is -0.261. The van der Waals surface area contributed by atoms with Crippen molar-refractivity contribution in [1.82, 2.24) is 15.3 Å². The summed E-state index contributed by atoms with van der Waals surface area (Å²) < 4.78 is 38.8. The van der Waals surface area contributed by atoms with E-state index in [1.807, 2.05) is 0 Å². The van der Waals surface area contributed by atoms with Gasteiger partial charge in [-0.15, -0.1) is 0 Å². The molecule has 1 aliphatic carbocycles. The molecule has 1 aromatic heterocycles. The molecule has 0 radical (unpaired) electrons. The number of rotatable bonds is 5. The monoisotopic (exact) mass is 412 g/mol. The fourth-order valence-corrected chi connectivity index (χ4v) is 2.70. The van der Waals surface area contributed by atoms with E-state index in [4.69, 9.17) is 11.6 Å². The SMILES string of the molecule is Cc1cc(C(=O)NCc2ccc(Cl)c(C(F)(F)F)c2)nc(NC(=O)C2CC2)n1. The first-order valence-electron chi connectivity index (χ1n) is 8.44. The Kier molecular flexibility index (Phi) is 5.55. The van der Waals surface area contributed by atoms with Gasteiger partial charge >= 0.3 is 6.18 Å². The van der Waals surface area contributed by atoms with Crippen molar-refractivity contribution >= 4 is 29.4 Å². The van der Waals surface area contributed by atoms with Crippen LogP contribution in [0.2, 0.25) is 5.02 Å². The van der Waals surface area contributed by atoms with Gasteiger partial charge in [-0.05, 0) is 43.5 Å². The van der Waals surface area contributed by atoms with Crippen LogP contribution in [0.1, 0.15) is 40.2 Å². The zero-order valence-corrected chi connectivity index (χ0v) is 15.5.